The number of hydrogen-bond donors (Lipinski definition) is 0. The van der Waals surface area contributed by atoms with Gasteiger partial charge in [-0.1, -0.05) is 31.0 Å². The Balaban J connectivity index is 2.29. The van der Waals surface area contributed by atoms with Crippen molar-refractivity contribution in [3.05, 3.63) is 24.3 Å². The molecule has 116 valence electrons. The molecule has 0 aliphatic carbocycles. The molecule has 0 atom stereocenters. The smallest absolute Gasteiger partial charge is 0.192 e. The molecule has 1 aromatic carbocycles. The first kappa shape index (κ1) is 16.4. The van der Waals surface area contributed by atoms with Gasteiger partial charge in [0.2, 0.25) is 0 Å². The highest BCUT2D eigenvalue weighted by Gasteiger charge is 2.13. The second kappa shape index (κ2) is 8.50. The maximum Gasteiger partial charge on any atom is 0.192 e. The topological polar surface area (TPSA) is 39.9 Å². The molecule has 0 N–H and O–H groups in total. The third-order valence-electron chi connectivity index (χ3n) is 3.25. The van der Waals surface area contributed by atoms with Crippen LogP contribution < -0.4 is 4.74 Å². The fourth-order valence-corrected chi connectivity index (χ4v) is 2.82. The Kier molecular flexibility index (Phi) is 6.35. The van der Waals surface area contributed by atoms with Crippen LogP contribution in [0.15, 0.2) is 29.4 Å². The molecular formula is C17H21N3OS. The Morgan fingerprint density at radius 2 is 2.00 bits per heavy atom. The summed E-state index contributed by atoms with van der Waals surface area (Å²) in [5, 5.41) is 9.65. The van der Waals surface area contributed by atoms with Crippen molar-refractivity contribution in [3.8, 4) is 29.0 Å². The molecule has 2 aromatic rings. The van der Waals surface area contributed by atoms with E-state index in [9.17, 15) is 0 Å². The lowest BCUT2D eigenvalue weighted by molar-refractivity contribution is 0.415. The van der Waals surface area contributed by atoms with Crippen molar-refractivity contribution in [2.24, 2.45) is 0 Å². The monoisotopic (exact) mass is 315 g/mol. The number of hydrogen-bond acceptors (Lipinski definition) is 4. The maximum absolute atomic E-state index is 5.21. The zero-order valence-electron chi connectivity index (χ0n) is 13.3. The zero-order valence-corrected chi connectivity index (χ0v) is 14.1. The SMILES string of the molecule is CC#CCSc1nnc(-c2ccc(OC)cc2)n1CCCC. The summed E-state index contributed by atoms with van der Waals surface area (Å²) in [7, 11) is 1.67. The third kappa shape index (κ3) is 4.05. The van der Waals surface area contributed by atoms with Crippen molar-refractivity contribution in [1.29, 1.82) is 0 Å². The van der Waals surface area contributed by atoms with Crippen LogP contribution in [0.2, 0.25) is 0 Å². The summed E-state index contributed by atoms with van der Waals surface area (Å²) in [4.78, 5) is 0. The summed E-state index contributed by atoms with van der Waals surface area (Å²) >= 11 is 1.64. The average molecular weight is 315 g/mol. The number of ether oxygens (including phenoxy) is 1. The van der Waals surface area contributed by atoms with Gasteiger partial charge in [-0.05, 0) is 37.6 Å². The molecule has 1 aromatic heterocycles. The average Bonchev–Trinajstić information content (AvgIpc) is 2.96. The Morgan fingerprint density at radius 3 is 2.64 bits per heavy atom. The summed E-state index contributed by atoms with van der Waals surface area (Å²) in [5.74, 6) is 8.46. The van der Waals surface area contributed by atoms with Crippen LogP contribution in [0.3, 0.4) is 0 Å². The van der Waals surface area contributed by atoms with E-state index in [1.165, 1.54) is 0 Å². The van der Waals surface area contributed by atoms with E-state index in [0.29, 0.717) is 0 Å². The van der Waals surface area contributed by atoms with Crippen molar-refractivity contribution in [3.63, 3.8) is 0 Å². The second-order valence-electron chi connectivity index (χ2n) is 4.76. The van der Waals surface area contributed by atoms with Gasteiger partial charge >= 0.3 is 0 Å². The summed E-state index contributed by atoms with van der Waals surface area (Å²) in [6.07, 6.45) is 2.24. The molecule has 0 bridgehead atoms. The molecule has 0 fully saturated rings. The van der Waals surface area contributed by atoms with E-state index in [1.807, 2.05) is 31.2 Å². The predicted molar refractivity (Wildman–Crippen MR) is 91.1 cm³/mol. The molecule has 5 heteroatoms. The lowest BCUT2D eigenvalue weighted by atomic mass is 10.2. The van der Waals surface area contributed by atoms with Gasteiger partial charge in [-0.15, -0.1) is 16.1 Å². The number of rotatable bonds is 7. The van der Waals surface area contributed by atoms with Crippen molar-refractivity contribution >= 4 is 11.8 Å². The number of methoxy groups -OCH3 is 1. The first-order valence-electron chi connectivity index (χ1n) is 7.40. The van der Waals surface area contributed by atoms with Gasteiger partial charge < -0.3 is 9.30 Å². The molecule has 0 saturated heterocycles. The van der Waals surface area contributed by atoms with E-state index in [1.54, 1.807) is 18.9 Å². The van der Waals surface area contributed by atoms with Crippen LogP contribution in [0.5, 0.6) is 5.75 Å². The fraction of sp³-hybridized carbons (Fsp3) is 0.412. The summed E-state index contributed by atoms with van der Waals surface area (Å²) < 4.78 is 7.40. The van der Waals surface area contributed by atoms with Gasteiger partial charge in [0, 0.05) is 12.1 Å². The number of thioether (sulfide) groups is 1. The fourth-order valence-electron chi connectivity index (χ4n) is 2.04. The zero-order chi connectivity index (χ0) is 15.8. The predicted octanol–water partition coefficient (Wildman–Crippen LogP) is 3.87. The summed E-state index contributed by atoms with van der Waals surface area (Å²) in [6.45, 7) is 4.96. The molecular weight excluding hydrogens is 294 g/mol. The molecule has 1 heterocycles. The minimum Gasteiger partial charge on any atom is -0.497 e. The van der Waals surface area contributed by atoms with Crippen LogP contribution in [0.25, 0.3) is 11.4 Å². The van der Waals surface area contributed by atoms with E-state index in [4.69, 9.17) is 4.74 Å². The normalized spacial score (nSPS) is 10.1. The minimum atomic E-state index is 0.739. The van der Waals surface area contributed by atoms with Crippen molar-refractivity contribution in [2.75, 3.05) is 12.9 Å². The van der Waals surface area contributed by atoms with Crippen LogP contribution in [-0.2, 0) is 6.54 Å². The van der Waals surface area contributed by atoms with Crippen molar-refractivity contribution < 1.29 is 4.74 Å². The molecule has 0 radical (unpaired) electrons. The number of nitrogens with zero attached hydrogens (tertiary/aromatic N) is 3. The number of aromatic nitrogens is 3. The van der Waals surface area contributed by atoms with E-state index in [2.05, 4.69) is 33.5 Å². The largest absolute Gasteiger partial charge is 0.497 e. The van der Waals surface area contributed by atoms with Gasteiger partial charge in [0.1, 0.15) is 5.75 Å². The van der Waals surface area contributed by atoms with Gasteiger partial charge in [0.05, 0.1) is 12.9 Å². The van der Waals surface area contributed by atoms with Crippen molar-refractivity contribution in [2.45, 2.75) is 38.4 Å². The minimum absolute atomic E-state index is 0.739. The summed E-state index contributed by atoms with van der Waals surface area (Å²) in [6, 6.07) is 7.93. The Labute approximate surface area is 136 Å². The van der Waals surface area contributed by atoms with Crippen LogP contribution >= 0.6 is 11.8 Å². The highest BCUT2D eigenvalue weighted by Crippen LogP contribution is 2.25. The molecule has 0 aliphatic rings. The van der Waals surface area contributed by atoms with Crippen molar-refractivity contribution in [1.82, 2.24) is 14.8 Å². The third-order valence-corrected chi connectivity index (χ3v) is 4.10. The highest BCUT2D eigenvalue weighted by molar-refractivity contribution is 7.99. The maximum atomic E-state index is 5.21. The molecule has 2 rings (SSSR count). The molecule has 0 amide bonds. The van der Waals surface area contributed by atoms with E-state index < -0.39 is 0 Å². The molecule has 0 saturated carbocycles. The number of benzene rings is 1. The van der Waals surface area contributed by atoms with E-state index in [0.717, 1.165) is 47.4 Å². The quantitative estimate of drug-likeness (QED) is 0.574. The van der Waals surface area contributed by atoms with Crippen LogP contribution in [0, 0.1) is 11.8 Å². The molecule has 0 unspecified atom stereocenters. The first-order chi connectivity index (χ1) is 10.8. The molecule has 0 aliphatic heterocycles. The van der Waals surface area contributed by atoms with Gasteiger partial charge in [-0.2, -0.15) is 0 Å². The Morgan fingerprint density at radius 1 is 1.23 bits per heavy atom. The Hall–Kier alpha value is -1.93. The van der Waals surface area contributed by atoms with E-state index >= 15 is 0 Å². The standard InChI is InChI=1S/C17H21N3OS/c1-4-6-12-20-16(14-8-10-15(21-3)11-9-14)18-19-17(20)22-13-7-5-2/h8-11H,4,6,12-13H2,1-3H3. The number of unbranched alkanes of at least 4 members (excludes halogenated alkanes) is 1. The van der Waals surface area contributed by atoms with Crippen LogP contribution in [-0.4, -0.2) is 27.6 Å². The van der Waals surface area contributed by atoms with Crippen LogP contribution in [0.1, 0.15) is 26.7 Å². The molecule has 22 heavy (non-hydrogen) atoms. The van der Waals surface area contributed by atoms with E-state index in [-0.39, 0.29) is 0 Å². The second-order valence-corrected chi connectivity index (χ2v) is 5.70. The Bertz CT molecular complexity index is 653. The van der Waals surface area contributed by atoms with Gasteiger partial charge in [0.15, 0.2) is 11.0 Å². The lowest BCUT2D eigenvalue weighted by Crippen LogP contribution is -2.02. The lowest BCUT2D eigenvalue weighted by Gasteiger charge is -2.09. The molecule has 0 spiro atoms. The van der Waals surface area contributed by atoms with Gasteiger partial charge in [0.25, 0.3) is 0 Å². The van der Waals surface area contributed by atoms with Gasteiger partial charge in [-0.25, -0.2) is 0 Å². The molecule has 4 nitrogen and oxygen atoms in total. The van der Waals surface area contributed by atoms with Gasteiger partial charge in [-0.3, -0.25) is 0 Å². The highest BCUT2D eigenvalue weighted by atomic mass is 32.2. The first-order valence-corrected chi connectivity index (χ1v) is 8.38. The summed E-state index contributed by atoms with van der Waals surface area (Å²) in [5.41, 5.74) is 1.05. The van der Waals surface area contributed by atoms with Crippen LogP contribution in [0.4, 0.5) is 0 Å².